The maximum Gasteiger partial charge on any atom is 0.0879 e. The summed E-state index contributed by atoms with van der Waals surface area (Å²) in [5, 5.41) is 18.4. The molecule has 0 amide bonds. The van der Waals surface area contributed by atoms with Crippen LogP contribution in [0.1, 0.15) is 24.9 Å². The van der Waals surface area contributed by atoms with E-state index >= 15 is 0 Å². The lowest BCUT2D eigenvalue weighted by Crippen LogP contribution is -2.41. The number of hydrogen-bond acceptors (Lipinski definition) is 4. The van der Waals surface area contributed by atoms with Gasteiger partial charge in [-0.2, -0.15) is 10.5 Å². The van der Waals surface area contributed by atoms with Gasteiger partial charge in [-0.15, -0.1) is 0 Å². The van der Waals surface area contributed by atoms with Gasteiger partial charge in [-0.05, 0) is 18.1 Å². The monoisotopic (exact) mass is 276 g/mol. The number of hydrogen-bond donors (Lipinski definition) is 1. The number of benzene rings is 1. The Morgan fingerprint density at radius 2 is 1.84 bits per heavy atom. The summed E-state index contributed by atoms with van der Waals surface area (Å²) in [5.74, 6) is 0. The van der Waals surface area contributed by atoms with E-state index in [1.165, 1.54) is 0 Å². The molecule has 0 saturated heterocycles. The molecule has 2 unspecified atom stereocenters. The summed E-state index contributed by atoms with van der Waals surface area (Å²) >= 11 is 6.22. The molecule has 0 aliphatic carbocycles. The predicted molar refractivity (Wildman–Crippen MR) is 75.3 cm³/mol. The van der Waals surface area contributed by atoms with Gasteiger partial charge >= 0.3 is 0 Å². The van der Waals surface area contributed by atoms with E-state index in [1.807, 2.05) is 25.1 Å². The summed E-state index contributed by atoms with van der Waals surface area (Å²) < 4.78 is 0. The van der Waals surface area contributed by atoms with Gasteiger partial charge in [-0.3, -0.25) is 4.90 Å². The van der Waals surface area contributed by atoms with Crippen molar-refractivity contribution in [3.63, 3.8) is 0 Å². The number of halogens is 1. The second kappa shape index (κ2) is 7.76. The van der Waals surface area contributed by atoms with Crippen molar-refractivity contribution >= 4 is 11.6 Å². The minimum Gasteiger partial charge on any atom is -0.326 e. The molecule has 0 aliphatic heterocycles. The molecule has 1 aromatic carbocycles. The minimum absolute atomic E-state index is 0.150. The van der Waals surface area contributed by atoms with Crippen LogP contribution in [0, 0.1) is 22.7 Å². The summed E-state index contributed by atoms with van der Waals surface area (Å²) in [4.78, 5) is 1.76. The summed E-state index contributed by atoms with van der Waals surface area (Å²) in [7, 11) is 0. The standard InChI is InChI=1S/C14H17ClN4/c1-2-13(18)14(19(9-7-16)10-8-17)11-5-3-4-6-12(11)15/h3-6,13-14H,2,9-10,18H2,1H3. The van der Waals surface area contributed by atoms with Crippen molar-refractivity contribution in [1.29, 1.82) is 10.5 Å². The minimum atomic E-state index is -0.224. The highest BCUT2D eigenvalue weighted by Gasteiger charge is 2.27. The zero-order chi connectivity index (χ0) is 14.3. The third-order valence-electron chi connectivity index (χ3n) is 3.04. The van der Waals surface area contributed by atoms with Gasteiger partial charge in [0, 0.05) is 11.1 Å². The molecule has 0 heterocycles. The molecule has 4 nitrogen and oxygen atoms in total. The van der Waals surface area contributed by atoms with E-state index in [0.29, 0.717) is 5.02 Å². The number of nitrogens with zero attached hydrogens (tertiary/aromatic N) is 3. The van der Waals surface area contributed by atoms with E-state index in [2.05, 4.69) is 12.1 Å². The Hall–Kier alpha value is -1.59. The van der Waals surface area contributed by atoms with E-state index in [-0.39, 0.29) is 25.2 Å². The highest BCUT2D eigenvalue weighted by atomic mass is 35.5. The summed E-state index contributed by atoms with van der Waals surface area (Å²) in [6, 6.07) is 11.2. The van der Waals surface area contributed by atoms with Crippen LogP contribution in [-0.2, 0) is 0 Å². The predicted octanol–water partition coefficient (Wildman–Crippen LogP) is 2.47. The zero-order valence-electron chi connectivity index (χ0n) is 10.9. The topological polar surface area (TPSA) is 76.8 Å². The van der Waals surface area contributed by atoms with E-state index in [9.17, 15) is 0 Å². The highest BCUT2D eigenvalue weighted by Crippen LogP contribution is 2.30. The normalized spacial score (nSPS) is 13.6. The van der Waals surface area contributed by atoms with Crippen molar-refractivity contribution in [3.8, 4) is 12.1 Å². The molecular weight excluding hydrogens is 260 g/mol. The van der Waals surface area contributed by atoms with Crippen molar-refractivity contribution < 1.29 is 0 Å². The van der Waals surface area contributed by atoms with Gasteiger partial charge in [0.1, 0.15) is 0 Å². The van der Waals surface area contributed by atoms with Gasteiger partial charge < -0.3 is 5.73 Å². The van der Waals surface area contributed by atoms with Gasteiger partial charge in [-0.1, -0.05) is 36.7 Å². The van der Waals surface area contributed by atoms with Gasteiger partial charge in [0.05, 0.1) is 31.3 Å². The lowest BCUT2D eigenvalue weighted by molar-refractivity contribution is 0.212. The van der Waals surface area contributed by atoms with Crippen molar-refractivity contribution in [2.75, 3.05) is 13.1 Å². The molecule has 0 aromatic heterocycles. The first-order chi connectivity index (χ1) is 9.15. The van der Waals surface area contributed by atoms with Crippen LogP contribution in [0.5, 0.6) is 0 Å². The number of rotatable bonds is 6. The van der Waals surface area contributed by atoms with Crippen LogP contribution >= 0.6 is 11.6 Å². The second-order valence-electron chi connectivity index (χ2n) is 4.26. The van der Waals surface area contributed by atoms with Crippen LogP contribution in [0.25, 0.3) is 0 Å². The quantitative estimate of drug-likeness (QED) is 0.810. The molecule has 0 bridgehead atoms. The molecule has 2 atom stereocenters. The van der Waals surface area contributed by atoms with Crippen LogP contribution in [0.15, 0.2) is 24.3 Å². The molecule has 0 fully saturated rings. The Balaban J connectivity index is 3.18. The Kier molecular flexibility index (Phi) is 6.32. The highest BCUT2D eigenvalue weighted by molar-refractivity contribution is 6.31. The summed E-state index contributed by atoms with van der Waals surface area (Å²) in [6.45, 7) is 2.28. The molecule has 0 aliphatic rings. The Labute approximate surface area is 119 Å². The Morgan fingerprint density at radius 1 is 1.26 bits per heavy atom. The fourth-order valence-corrected chi connectivity index (χ4v) is 2.32. The van der Waals surface area contributed by atoms with Crippen LogP contribution in [0.4, 0.5) is 0 Å². The lowest BCUT2D eigenvalue weighted by atomic mass is 9.96. The molecule has 5 heteroatoms. The SMILES string of the molecule is CCC(N)C(c1ccccc1Cl)N(CC#N)CC#N. The van der Waals surface area contributed by atoms with Gasteiger partial charge in [0.25, 0.3) is 0 Å². The molecule has 19 heavy (non-hydrogen) atoms. The van der Waals surface area contributed by atoms with Crippen molar-refractivity contribution in [3.05, 3.63) is 34.9 Å². The third kappa shape index (κ3) is 3.94. The summed E-state index contributed by atoms with van der Waals surface area (Å²) in [6.07, 6.45) is 0.739. The molecule has 100 valence electrons. The van der Waals surface area contributed by atoms with Crippen molar-refractivity contribution in [1.82, 2.24) is 4.90 Å². The fourth-order valence-electron chi connectivity index (χ4n) is 2.07. The average molecular weight is 277 g/mol. The number of nitrogens with two attached hydrogens (primary N) is 1. The smallest absolute Gasteiger partial charge is 0.0879 e. The van der Waals surface area contributed by atoms with E-state index in [4.69, 9.17) is 27.9 Å². The Morgan fingerprint density at radius 3 is 2.32 bits per heavy atom. The van der Waals surface area contributed by atoms with Crippen molar-refractivity contribution in [2.24, 2.45) is 5.73 Å². The van der Waals surface area contributed by atoms with Crippen LogP contribution in [0.3, 0.4) is 0 Å². The van der Waals surface area contributed by atoms with Gasteiger partial charge in [-0.25, -0.2) is 0 Å². The first-order valence-electron chi connectivity index (χ1n) is 6.13. The van der Waals surface area contributed by atoms with Crippen LogP contribution in [0.2, 0.25) is 5.02 Å². The first-order valence-corrected chi connectivity index (χ1v) is 6.51. The second-order valence-corrected chi connectivity index (χ2v) is 4.67. The first kappa shape index (κ1) is 15.5. The lowest BCUT2D eigenvalue weighted by Gasteiger charge is -2.32. The fraction of sp³-hybridized carbons (Fsp3) is 0.429. The van der Waals surface area contributed by atoms with Gasteiger partial charge in [0.15, 0.2) is 0 Å². The molecule has 0 saturated carbocycles. The maximum absolute atomic E-state index is 8.91. The molecule has 1 rings (SSSR count). The molecule has 0 spiro atoms. The molecule has 1 aromatic rings. The zero-order valence-corrected chi connectivity index (χ0v) is 11.6. The molecule has 2 N–H and O–H groups in total. The van der Waals surface area contributed by atoms with Crippen LogP contribution < -0.4 is 5.73 Å². The van der Waals surface area contributed by atoms with E-state index in [0.717, 1.165) is 12.0 Å². The van der Waals surface area contributed by atoms with E-state index in [1.54, 1.807) is 11.0 Å². The summed E-state index contributed by atoms with van der Waals surface area (Å²) in [5.41, 5.74) is 7.03. The molecular formula is C14H17ClN4. The largest absolute Gasteiger partial charge is 0.326 e. The molecule has 0 radical (unpaired) electrons. The Bertz CT molecular complexity index is 473. The van der Waals surface area contributed by atoms with Crippen LogP contribution in [-0.4, -0.2) is 24.0 Å². The average Bonchev–Trinajstić information content (AvgIpc) is 2.41. The maximum atomic E-state index is 8.91. The number of nitriles is 2. The van der Waals surface area contributed by atoms with E-state index < -0.39 is 0 Å². The van der Waals surface area contributed by atoms with Gasteiger partial charge in [0.2, 0.25) is 0 Å². The van der Waals surface area contributed by atoms with Crippen molar-refractivity contribution in [2.45, 2.75) is 25.4 Å². The third-order valence-corrected chi connectivity index (χ3v) is 3.39.